The van der Waals surface area contributed by atoms with Crippen LogP contribution in [0.5, 0.6) is 0 Å². The zero-order valence-corrected chi connectivity index (χ0v) is 25.5. The van der Waals surface area contributed by atoms with Gasteiger partial charge < -0.3 is 4.89 Å². The van der Waals surface area contributed by atoms with Gasteiger partial charge in [-0.05, 0) is 38.5 Å². The predicted octanol–water partition coefficient (Wildman–Crippen LogP) is 10.1. The van der Waals surface area contributed by atoms with Crippen molar-refractivity contribution >= 4 is 8.03 Å². The summed E-state index contributed by atoms with van der Waals surface area (Å²) in [6, 6.07) is 0. The Bertz CT molecular complexity index is 515. The van der Waals surface area contributed by atoms with Crippen LogP contribution < -0.4 is 4.89 Å². The second-order valence-corrected chi connectivity index (χ2v) is 13.2. The zero-order valence-electron chi connectivity index (χ0n) is 24.6. The van der Waals surface area contributed by atoms with Crippen LogP contribution in [-0.2, 0) is 4.57 Å². The summed E-state index contributed by atoms with van der Waals surface area (Å²) < 4.78 is 12.6. The summed E-state index contributed by atoms with van der Waals surface area (Å²) in [4.78, 5) is 12.1. The van der Waals surface area contributed by atoms with E-state index in [-0.39, 0.29) is 0 Å². The predicted molar refractivity (Wildman–Crippen MR) is 155 cm³/mol. The molecule has 0 aromatic rings. The third kappa shape index (κ3) is 17.8. The van der Waals surface area contributed by atoms with E-state index in [1.165, 1.54) is 122 Å². The first-order chi connectivity index (χ1) is 16.8. The summed E-state index contributed by atoms with van der Waals surface area (Å²) in [6.07, 6.45) is 34.1. The molecule has 2 unspecified atom stereocenters. The molecule has 0 aliphatic rings. The highest BCUT2D eigenvalue weighted by Gasteiger charge is 2.53. The van der Waals surface area contributed by atoms with Gasteiger partial charge in [0.25, 0.3) is 5.28 Å². The minimum atomic E-state index is -2.42. The fraction of sp³-hybridized carbons (Fsp3) is 0.935. The van der Waals surface area contributed by atoms with E-state index in [0.29, 0.717) is 4.48 Å². The monoisotopic (exact) mass is 512 g/mol. The molecular weight excluding hydrogens is 449 g/mol. The molecule has 0 heterocycles. The molecule has 35 heavy (non-hydrogen) atoms. The molecule has 0 aromatic heterocycles. The van der Waals surface area contributed by atoms with Crippen molar-refractivity contribution < 1.29 is 13.9 Å². The van der Waals surface area contributed by atoms with Crippen molar-refractivity contribution in [1.29, 1.82) is 0 Å². The van der Waals surface area contributed by atoms with Crippen LogP contribution >= 0.6 is 8.03 Å². The van der Waals surface area contributed by atoms with Gasteiger partial charge in [-0.3, -0.25) is 4.48 Å². The second kappa shape index (κ2) is 22.9. The SMILES string of the molecule is CCCCC/C=C\CCCCCCCCCCCCCCCCCC(CCC)([P+](=O)[O-])[N+](C)(C)C. The van der Waals surface area contributed by atoms with Crippen LogP contribution in [0.3, 0.4) is 0 Å². The molecule has 0 amide bonds. The molecular formula is C31H63NO2P+. The van der Waals surface area contributed by atoms with Crippen molar-refractivity contribution in [1.82, 2.24) is 0 Å². The Morgan fingerprint density at radius 2 is 0.943 bits per heavy atom. The van der Waals surface area contributed by atoms with E-state index < -0.39 is 13.3 Å². The quantitative estimate of drug-likeness (QED) is 0.0500. The molecule has 2 atom stereocenters. The van der Waals surface area contributed by atoms with Gasteiger partial charge in [-0.25, -0.2) is 0 Å². The highest BCUT2D eigenvalue weighted by Crippen LogP contribution is 2.45. The summed E-state index contributed by atoms with van der Waals surface area (Å²) in [7, 11) is 3.69. The number of rotatable bonds is 26. The maximum Gasteiger partial charge on any atom is 0.376 e. The third-order valence-corrected chi connectivity index (χ3v) is 9.55. The minimum Gasteiger partial charge on any atom is -0.590 e. The molecule has 0 rings (SSSR count). The largest absolute Gasteiger partial charge is 0.590 e. The lowest BCUT2D eigenvalue weighted by molar-refractivity contribution is -0.910. The van der Waals surface area contributed by atoms with Gasteiger partial charge in [0.2, 0.25) is 0 Å². The van der Waals surface area contributed by atoms with E-state index >= 15 is 0 Å². The Labute approximate surface area is 222 Å². The van der Waals surface area contributed by atoms with Gasteiger partial charge >= 0.3 is 8.03 Å². The highest BCUT2D eigenvalue weighted by molar-refractivity contribution is 7.38. The molecule has 0 aliphatic carbocycles. The average Bonchev–Trinajstić information content (AvgIpc) is 2.80. The average molecular weight is 513 g/mol. The molecule has 0 radical (unpaired) electrons. The Balaban J connectivity index is 3.51. The lowest BCUT2D eigenvalue weighted by Crippen LogP contribution is -2.55. The van der Waals surface area contributed by atoms with Crippen molar-refractivity contribution in [3.05, 3.63) is 12.2 Å². The van der Waals surface area contributed by atoms with E-state index in [1.807, 2.05) is 21.1 Å². The summed E-state index contributed by atoms with van der Waals surface area (Å²) >= 11 is 0. The minimum absolute atomic E-state index is 0.524. The Morgan fingerprint density at radius 3 is 1.29 bits per heavy atom. The summed E-state index contributed by atoms with van der Waals surface area (Å²) in [5, 5.41) is -0.588. The van der Waals surface area contributed by atoms with E-state index in [4.69, 9.17) is 0 Å². The number of allylic oxidation sites excluding steroid dienone is 2. The maximum atomic E-state index is 12.1. The van der Waals surface area contributed by atoms with E-state index in [0.717, 1.165) is 25.7 Å². The van der Waals surface area contributed by atoms with E-state index in [9.17, 15) is 9.46 Å². The van der Waals surface area contributed by atoms with Gasteiger partial charge in [-0.15, -0.1) is 0 Å². The van der Waals surface area contributed by atoms with Gasteiger partial charge in [0.05, 0.1) is 21.1 Å². The van der Waals surface area contributed by atoms with Crippen LogP contribution in [0.4, 0.5) is 0 Å². The van der Waals surface area contributed by atoms with Crippen LogP contribution in [0.15, 0.2) is 12.2 Å². The molecule has 4 heteroatoms. The molecule has 0 saturated carbocycles. The molecule has 0 aromatic carbocycles. The fourth-order valence-electron chi connectivity index (χ4n) is 5.34. The summed E-state index contributed by atoms with van der Waals surface area (Å²) in [5.41, 5.74) is 0. The van der Waals surface area contributed by atoms with Gasteiger partial charge in [0.1, 0.15) is 0 Å². The van der Waals surface area contributed by atoms with Crippen molar-refractivity contribution in [2.75, 3.05) is 21.1 Å². The number of hydrogen-bond acceptors (Lipinski definition) is 2. The van der Waals surface area contributed by atoms with Crippen molar-refractivity contribution in [2.24, 2.45) is 0 Å². The first-order valence-corrected chi connectivity index (χ1v) is 16.6. The van der Waals surface area contributed by atoms with Crippen molar-refractivity contribution in [3.8, 4) is 0 Å². The first-order valence-electron chi connectivity index (χ1n) is 15.4. The number of nitrogens with zero attached hydrogens (tertiary/aromatic N) is 1. The molecule has 208 valence electrons. The third-order valence-electron chi connectivity index (χ3n) is 7.83. The van der Waals surface area contributed by atoms with Gasteiger partial charge in [-0.2, -0.15) is 0 Å². The van der Waals surface area contributed by atoms with Crippen LogP contribution in [0.2, 0.25) is 0 Å². The zero-order chi connectivity index (χ0) is 26.3. The van der Waals surface area contributed by atoms with Crippen LogP contribution in [0.25, 0.3) is 0 Å². The topological polar surface area (TPSA) is 40.1 Å². The summed E-state index contributed by atoms with van der Waals surface area (Å²) in [5.74, 6) is 0. The van der Waals surface area contributed by atoms with Crippen LogP contribution in [0.1, 0.15) is 162 Å². The molecule has 0 spiro atoms. The maximum absolute atomic E-state index is 12.1. The number of hydrogen-bond donors (Lipinski definition) is 0. The molecule has 3 nitrogen and oxygen atoms in total. The van der Waals surface area contributed by atoms with Gasteiger partial charge in [0, 0.05) is 12.8 Å². The standard InChI is InChI=1S/C31H63NO2P/c1-6-8-9-10-11-12-13-14-15-16-17-18-19-20-21-22-23-24-25-26-27-28-30-31(29-7-2,35(33)34)32(3,4)5/h11-12H,6-10,13-30H2,1-5H3/q+1/b12-11-. The molecule has 0 saturated heterocycles. The highest BCUT2D eigenvalue weighted by atomic mass is 31.1. The number of quaternary nitrogens is 1. The molecule has 0 bridgehead atoms. The van der Waals surface area contributed by atoms with Crippen molar-refractivity contribution in [3.63, 3.8) is 0 Å². The van der Waals surface area contributed by atoms with E-state index in [1.54, 1.807) is 0 Å². The lowest BCUT2D eigenvalue weighted by Gasteiger charge is -2.39. The van der Waals surface area contributed by atoms with Gasteiger partial charge in [-0.1, -0.05) is 127 Å². The van der Waals surface area contributed by atoms with Gasteiger partial charge in [0.15, 0.2) is 0 Å². The molecule has 0 aliphatic heterocycles. The Morgan fingerprint density at radius 1 is 0.571 bits per heavy atom. The lowest BCUT2D eigenvalue weighted by atomic mass is 9.99. The molecule has 0 fully saturated rings. The summed E-state index contributed by atoms with van der Waals surface area (Å²) in [6.45, 7) is 4.37. The smallest absolute Gasteiger partial charge is 0.376 e. The Kier molecular flexibility index (Phi) is 22.8. The second-order valence-electron chi connectivity index (χ2n) is 11.8. The van der Waals surface area contributed by atoms with E-state index in [2.05, 4.69) is 26.0 Å². The first kappa shape index (κ1) is 34.8. The normalized spacial score (nSPS) is 14.5. The van der Waals surface area contributed by atoms with Crippen LogP contribution in [0, 0.1) is 0 Å². The molecule has 0 N–H and O–H groups in total. The fourth-order valence-corrected chi connectivity index (χ4v) is 6.58. The number of unbranched alkanes of at least 4 members (excludes halogenated alkanes) is 18. The van der Waals surface area contributed by atoms with Crippen molar-refractivity contribution in [2.45, 2.75) is 167 Å². The Hall–Kier alpha value is -0.240. The van der Waals surface area contributed by atoms with Crippen LogP contribution in [-0.4, -0.2) is 30.9 Å².